The van der Waals surface area contributed by atoms with Crippen molar-refractivity contribution in [3.63, 3.8) is 0 Å². The fourth-order valence-electron chi connectivity index (χ4n) is 1.88. The van der Waals surface area contributed by atoms with Crippen molar-refractivity contribution in [3.05, 3.63) is 67.4 Å². The molecule has 8 heteroatoms. The zero-order valence-electron chi connectivity index (χ0n) is 11.9. The van der Waals surface area contributed by atoms with Crippen molar-refractivity contribution in [2.24, 2.45) is 0 Å². The number of amides is 1. The molecule has 0 aliphatic rings. The van der Waals surface area contributed by atoms with Crippen LogP contribution < -0.4 is 10.1 Å². The molecular weight excluding hydrogens is 435 g/mol. The van der Waals surface area contributed by atoms with Crippen molar-refractivity contribution in [2.75, 3.05) is 5.32 Å². The highest BCUT2D eigenvalue weighted by Crippen LogP contribution is 2.34. The van der Waals surface area contributed by atoms with Crippen molar-refractivity contribution in [2.45, 2.75) is 0 Å². The van der Waals surface area contributed by atoms with E-state index in [0.717, 1.165) is 4.47 Å². The summed E-state index contributed by atoms with van der Waals surface area (Å²) in [6, 6.07) is 10.4. The van der Waals surface area contributed by atoms with Crippen molar-refractivity contribution in [3.8, 4) is 11.6 Å². The van der Waals surface area contributed by atoms with Gasteiger partial charge in [0.05, 0.1) is 10.7 Å². The molecule has 2 aromatic heterocycles. The molecule has 3 rings (SSSR count). The Hall–Kier alpha value is -1.60. The maximum atomic E-state index is 12.4. The number of rotatable bonds is 4. The summed E-state index contributed by atoms with van der Waals surface area (Å²) in [5.74, 6) is 0.401. The summed E-state index contributed by atoms with van der Waals surface area (Å²) in [5.41, 5.74) is 0.510. The van der Waals surface area contributed by atoms with E-state index in [1.54, 1.807) is 24.3 Å². The molecule has 0 aliphatic carbocycles. The first-order valence-corrected chi connectivity index (χ1v) is 9.09. The Kier molecular flexibility index (Phi) is 5.40. The van der Waals surface area contributed by atoms with E-state index in [4.69, 9.17) is 27.9 Å². The van der Waals surface area contributed by atoms with Crippen LogP contribution in [-0.2, 0) is 0 Å². The van der Waals surface area contributed by atoms with Gasteiger partial charge >= 0.3 is 0 Å². The first kappa shape index (κ1) is 17.2. The highest BCUT2D eigenvalue weighted by Gasteiger charge is 2.15. The van der Waals surface area contributed by atoms with Gasteiger partial charge in [-0.3, -0.25) is 4.79 Å². The van der Waals surface area contributed by atoms with Crippen LogP contribution in [0.5, 0.6) is 11.6 Å². The second kappa shape index (κ2) is 7.53. The number of hydrogen-bond donors (Lipinski definition) is 1. The molecule has 0 atom stereocenters. The number of nitrogens with zero attached hydrogens (tertiary/aromatic N) is 1. The van der Waals surface area contributed by atoms with Gasteiger partial charge in [-0.25, -0.2) is 4.98 Å². The lowest BCUT2D eigenvalue weighted by Crippen LogP contribution is -2.11. The van der Waals surface area contributed by atoms with Crippen LogP contribution in [0.3, 0.4) is 0 Å². The molecule has 1 aromatic carbocycles. The van der Waals surface area contributed by atoms with Gasteiger partial charge in [0.15, 0.2) is 5.75 Å². The van der Waals surface area contributed by atoms with Crippen LogP contribution in [0.15, 0.2) is 52.4 Å². The summed E-state index contributed by atoms with van der Waals surface area (Å²) < 4.78 is 6.46. The van der Waals surface area contributed by atoms with E-state index >= 15 is 0 Å². The summed E-state index contributed by atoms with van der Waals surface area (Å²) >= 11 is 16.6. The van der Waals surface area contributed by atoms with Gasteiger partial charge in [-0.05, 0) is 45.6 Å². The van der Waals surface area contributed by atoms with Gasteiger partial charge in [0.25, 0.3) is 5.91 Å². The largest absolute Gasteiger partial charge is 0.435 e. The smallest absolute Gasteiger partial charge is 0.266 e. The maximum Gasteiger partial charge on any atom is 0.266 e. The van der Waals surface area contributed by atoms with Crippen molar-refractivity contribution in [1.29, 1.82) is 0 Å². The molecule has 1 amide bonds. The molecule has 0 radical (unpaired) electrons. The molecule has 0 aliphatic heterocycles. The predicted molar refractivity (Wildman–Crippen MR) is 101 cm³/mol. The van der Waals surface area contributed by atoms with Crippen LogP contribution in [0, 0.1) is 0 Å². The van der Waals surface area contributed by atoms with E-state index in [-0.39, 0.29) is 16.8 Å². The molecule has 0 fully saturated rings. The average Bonchev–Trinajstić information content (AvgIpc) is 2.98. The Morgan fingerprint density at radius 2 is 2.04 bits per heavy atom. The second-order valence-corrected chi connectivity index (χ2v) is 7.20. The molecular formula is C16H9BrCl2N2O2S. The minimum absolute atomic E-state index is 0.208. The fraction of sp³-hybridized carbons (Fsp3) is 0. The average molecular weight is 444 g/mol. The standard InChI is InChI=1S/C16H9BrCl2N2O2S/c17-10-5-6-24-14(10)15(22)21-12-3-1-2-4-13(12)23-16-11(19)7-9(18)8-20-16/h1-8H,(H,21,22). The van der Waals surface area contributed by atoms with E-state index in [1.165, 1.54) is 23.6 Å². The van der Waals surface area contributed by atoms with E-state index in [9.17, 15) is 4.79 Å². The molecule has 24 heavy (non-hydrogen) atoms. The van der Waals surface area contributed by atoms with Gasteiger partial charge in [-0.15, -0.1) is 11.3 Å². The van der Waals surface area contributed by atoms with Crippen LogP contribution in [-0.4, -0.2) is 10.9 Å². The van der Waals surface area contributed by atoms with Gasteiger partial charge < -0.3 is 10.1 Å². The lowest BCUT2D eigenvalue weighted by Gasteiger charge is -2.12. The molecule has 2 heterocycles. The SMILES string of the molecule is O=C(Nc1ccccc1Oc1ncc(Cl)cc1Cl)c1sccc1Br. The molecule has 3 aromatic rings. The molecule has 0 bridgehead atoms. The molecule has 0 spiro atoms. The number of thiophene rings is 1. The third-order valence-corrected chi connectivity index (χ3v) is 5.25. The predicted octanol–water partition coefficient (Wildman–Crippen LogP) is 6.26. The summed E-state index contributed by atoms with van der Waals surface area (Å²) in [4.78, 5) is 17.0. The lowest BCUT2D eigenvalue weighted by atomic mass is 10.3. The number of benzene rings is 1. The molecule has 0 saturated carbocycles. The zero-order valence-corrected chi connectivity index (χ0v) is 15.8. The molecule has 122 valence electrons. The normalized spacial score (nSPS) is 10.5. The monoisotopic (exact) mass is 442 g/mol. The van der Waals surface area contributed by atoms with Gasteiger partial charge in [0.1, 0.15) is 9.90 Å². The Balaban J connectivity index is 1.85. The highest BCUT2D eigenvalue weighted by molar-refractivity contribution is 9.10. The minimum atomic E-state index is -0.233. The minimum Gasteiger partial charge on any atom is -0.435 e. The number of halogens is 3. The van der Waals surface area contributed by atoms with E-state index < -0.39 is 0 Å². The topological polar surface area (TPSA) is 51.2 Å². The maximum absolute atomic E-state index is 12.4. The van der Waals surface area contributed by atoms with Gasteiger partial charge in [0.2, 0.25) is 5.88 Å². The lowest BCUT2D eigenvalue weighted by molar-refractivity contribution is 0.102. The molecule has 0 saturated heterocycles. The first-order valence-electron chi connectivity index (χ1n) is 6.67. The number of para-hydroxylation sites is 2. The van der Waals surface area contributed by atoms with Gasteiger partial charge in [-0.1, -0.05) is 35.3 Å². The molecule has 1 N–H and O–H groups in total. The Labute approximate surface area is 160 Å². The molecule has 4 nitrogen and oxygen atoms in total. The number of carbonyl (C=O) groups excluding carboxylic acids is 1. The van der Waals surface area contributed by atoms with Crippen LogP contribution in [0.4, 0.5) is 5.69 Å². The number of ether oxygens (including phenoxy) is 1. The van der Waals surface area contributed by atoms with Crippen LogP contribution in [0.1, 0.15) is 9.67 Å². The highest BCUT2D eigenvalue weighted by atomic mass is 79.9. The second-order valence-electron chi connectivity index (χ2n) is 4.59. The number of hydrogen-bond acceptors (Lipinski definition) is 4. The van der Waals surface area contributed by atoms with Crippen LogP contribution in [0.25, 0.3) is 0 Å². The van der Waals surface area contributed by atoms with E-state index in [2.05, 4.69) is 26.2 Å². The third kappa shape index (κ3) is 3.89. The summed E-state index contributed by atoms with van der Waals surface area (Å²) in [6.45, 7) is 0. The van der Waals surface area contributed by atoms with Crippen molar-refractivity contribution < 1.29 is 9.53 Å². The number of nitrogens with one attached hydrogen (secondary N) is 1. The Morgan fingerprint density at radius 3 is 2.75 bits per heavy atom. The van der Waals surface area contributed by atoms with Crippen molar-refractivity contribution in [1.82, 2.24) is 4.98 Å². The fourth-order valence-corrected chi connectivity index (χ4v) is 3.74. The van der Waals surface area contributed by atoms with Crippen LogP contribution in [0.2, 0.25) is 10.0 Å². The zero-order chi connectivity index (χ0) is 17.1. The quantitative estimate of drug-likeness (QED) is 0.517. The number of carbonyl (C=O) groups is 1. The first-order chi connectivity index (χ1) is 11.5. The van der Waals surface area contributed by atoms with Gasteiger partial charge in [-0.2, -0.15) is 0 Å². The van der Waals surface area contributed by atoms with Gasteiger partial charge in [0, 0.05) is 10.7 Å². The number of aromatic nitrogens is 1. The Morgan fingerprint density at radius 1 is 1.25 bits per heavy atom. The summed E-state index contributed by atoms with van der Waals surface area (Å²) in [7, 11) is 0. The van der Waals surface area contributed by atoms with E-state index in [0.29, 0.717) is 21.3 Å². The molecule has 0 unspecified atom stereocenters. The number of anilines is 1. The van der Waals surface area contributed by atoms with Crippen LogP contribution >= 0.6 is 50.5 Å². The summed E-state index contributed by atoms with van der Waals surface area (Å²) in [5, 5.41) is 5.35. The Bertz CT molecular complexity index is 901. The number of pyridine rings is 1. The third-order valence-electron chi connectivity index (χ3n) is 2.94. The summed E-state index contributed by atoms with van der Waals surface area (Å²) in [6.07, 6.45) is 1.44. The van der Waals surface area contributed by atoms with Crippen molar-refractivity contribution >= 4 is 62.1 Å². The van der Waals surface area contributed by atoms with E-state index in [1.807, 2.05) is 11.4 Å².